The lowest BCUT2D eigenvalue weighted by Crippen LogP contribution is -3.17. The minimum atomic E-state index is -0.198. The van der Waals surface area contributed by atoms with Crippen molar-refractivity contribution in [3.8, 4) is 0 Å². The van der Waals surface area contributed by atoms with Crippen LogP contribution in [0.3, 0.4) is 0 Å². The molecule has 0 radical (unpaired) electrons. The Balaban J connectivity index is 1.59. The van der Waals surface area contributed by atoms with E-state index in [0.29, 0.717) is 0 Å². The molecule has 5 nitrogen and oxygen atoms in total. The van der Waals surface area contributed by atoms with Crippen LogP contribution in [-0.2, 0) is 22.6 Å². The van der Waals surface area contributed by atoms with Crippen LogP contribution in [0, 0.1) is 5.92 Å². The lowest BCUT2D eigenvalue weighted by molar-refractivity contribution is -0.920. The van der Waals surface area contributed by atoms with Crippen LogP contribution in [0.5, 0.6) is 0 Å². The fourth-order valence-corrected chi connectivity index (χ4v) is 3.84. The van der Waals surface area contributed by atoms with Crippen LogP contribution in [0.15, 0.2) is 24.3 Å². The van der Waals surface area contributed by atoms with Crippen molar-refractivity contribution in [1.82, 2.24) is 4.90 Å². The number of nitrogens with two attached hydrogens (primary N) is 1. The van der Waals surface area contributed by atoms with Gasteiger partial charge in [-0.1, -0.05) is 24.3 Å². The van der Waals surface area contributed by atoms with Gasteiger partial charge in [-0.2, -0.15) is 0 Å². The third-order valence-electron chi connectivity index (χ3n) is 5.46. The number of benzene rings is 1. The van der Waals surface area contributed by atoms with Gasteiger partial charge in [0.05, 0.1) is 13.1 Å². The molecule has 0 aliphatic carbocycles. The molecule has 2 aliphatic heterocycles. The number of quaternary nitrogens is 1. The summed E-state index contributed by atoms with van der Waals surface area (Å²) in [6, 6.07) is 8.32. The zero-order valence-corrected chi connectivity index (χ0v) is 13.8. The summed E-state index contributed by atoms with van der Waals surface area (Å²) in [6.07, 6.45) is 2.53. The number of amides is 2. The van der Waals surface area contributed by atoms with Crippen molar-refractivity contribution in [3.63, 3.8) is 0 Å². The number of fused-ring (bicyclic) bond motifs is 1. The smallest absolute Gasteiger partial charge is 0.280 e. The Morgan fingerprint density at radius 3 is 2.52 bits per heavy atom. The van der Waals surface area contributed by atoms with Gasteiger partial charge in [-0.05, 0) is 24.5 Å². The predicted molar refractivity (Wildman–Crippen MR) is 87.6 cm³/mol. The molecule has 2 amide bonds. The van der Waals surface area contributed by atoms with Gasteiger partial charge < -0.3 is 15.5 Å². The topological polar surface area (TPSA) is 67.8 Å². The molecule has 1 fully saturated rings. The van der Waals surface area contributed by atoms with Gasteiger partial charge in [0, 0.05) is 31.8 Å². The highest BCUT2D eigenvalue weighted by Gasteiger charge is 2.34. The number of nitrogens with one attached hydrogen (secondary N) is 1. The van der Waals surface area contributed by atoms with E-state index in [0.717, 1.165) is 45.4 Å². The maximum atomic E-state index is 12.8. The zero-order chi connectivity index (χ0) is 16.4. The van der Waals surface area contributed by atoms with Crippen molar-refractivity contribution in [2.45, 2.75) is 38.8 Å². The van der Waals surface area contributed by atoms with Crippen LogP contribution < -0.4 is 10.6 Å². The minimum absolute atomic E-state index is 0.0112. The van der Waals surface area contributed by atoms with Gasteiger partial charge in [-0.25, -0.2) is 0 Å². The highest BCUT2D eigenvalue weighted by atomic mass is 16.2. The zero-order valence-electron chi connectivity index (χ0n) is 13.8. The van der Waals surface area contributed by atoms with Crippen LogP contribution in [-0.4, -0.2) is 42.4 Å². The second-order valence-corrected chi connectivity index (χ2v) is 6.84. The van der Waals surface area contributed by atoms with Gasteiger partial charge in [0.15, 0.2) is 6.04 Å². The van der Waals surface area contributed by atoms with E-state index in [1.54, 1.807) is 0 Å². The lowest BCUT2D eigenvalue weighted by Gasteiger charge is -2.35. The molecule has 1 saturated heterocycles. The van der Waals surface area contributed by atoms with E-state index in [-0.39, 0.29) is 23.8 Å². The van der Waals surface area contributed by atoms with Gasteiger partial charge in [0.25, 0.3) is 5.91 Å². The monoisotopic (exact) mass is 316 g/mol. The van der Waals surface area contributed by atoms with Gasteiger partial charge in [0.1, 0.15) is 0 Å². The standard InChI is InChI=1S/C18H25N3O2/c1-13(20-9-7-15(8-10-20)17(19)22)18(23)21-11-6-14-4-2-3-5-16(14)12-21/h2-5,13,15H,6-12H2,1H3,(H2,19,22)/p+1/t13-/m1/s1. The predicted octanol–water partition coefficient (Wildman–Crippen LogP) is -0.260. The van der Waals surface area contributed by atoms with Crippen molar-refractivity contribution >= 4 is 11.8 Å². The normalized spacial score (nSPS) is 25.5. The average molecular weight is 316 g/mol. The van der Waals surface area contributed by atoms with E-state index in [4.69, 9.17) is 5.73 Å². The fraction of sp³-hybridized carbons (Fsp3) is 0.556. The van der Waals surface area contributed by atoms with Crippen molar-refractivity contribution in [2.75, 3.05) is 19.6 Å². The van der Waals surface area contributed by atoms with E-state index < -0.39 is 0 Å². The molecule has 1 aromatic rings. The molecule has 0 unspecified atom stereocenters. The first-order valence-corrected chi connectivity index (χ1v) is 8.55. The molecule has 5 heteroatoms. The first-order valence-electron chi connectivity index (χ1n) is 8.55. The molecule has 0 spiro atoms. The summed E-state index contributed by atoms with van der Waals surface area (Å²) in [6.45, 7) is 5.24. The maximum absolute atomic E-state index is 12.8. The quantitative estimate of drug-likeness (QED) is 0.807. The van der Waals surface area contributed by atoms with E-state index in [1.807, 2.05) is 17.9 Å². The van der Waals surface area contributed by atoms with Crippen LogP contribution in [0.2, 0.25) is 0 Å². The number of nitrogens with zero attached hydrogens (tertiary/aromatic N) is 1. The molecule has 3 N–H and O–H groups in total. The molecule has 2 aliphatic rings. The Morgan fingerprint density at radius 2 is 1.87 bits per heavy atom. The summed E-state index contributed by atoms with van der Waals surface area (Å²) in [5.74, 6) is 0.0191. The van der Waals surface area contributed by atoms with Crippen molar-refractivity contribution < 1.29 is 14.5 Å². The molecule has 3 rings (SSSR count). The van der Waals surface area contributed by atoms with Crippen LogP contribution in [0.1, 0.15) is 30.9 Å². The number of carbonyl (C=O) groups is 2. The number of rotatable bonds is 3. The van der Waals surface area contributed by atoms with E-state index in [9.17, 15) is 9.59 Å². The van der Waals surface area contributed by atoms with Gasteiger partial charge >= 0.3 is 0 Å². The second kappa shape index (κ2) is 6.71. The fourth-order valence-electron chi connectivity index (χ4n) is 3.84. The van der Waals surface area contributed by atoms with E-state index in [1.165, 1.54) is 16.0 Å². The number of primary amides is 1. The van der Waals surface area contributed by atoms with Crippen molar-refractivity contribution in [2.24, 2.45) is 11.7 Å². The summed E-state index contributed by atoms with van der Waals surface area (Å²) in [7, 11) is 0. The second-order valence-electron chi connectivity index (χ2n) is 6.84. The Morgan fingerprint density at radius 1 is 1.22 bits per heavy atom. The Labute approximate surface area is 137 Å². The molecule has 1 atom stereocenters. The third kappa shape index (κ3) is 3.39. The van der Waals surface area contributed by atoms with Gasteiger partial charge in [-0.15, -0.1) is 0 Å². The molecule has 2 heterocycles. The van der Waals surface area contributed by atoms with E-state index >= 15 is 0 Å². The van der Waals surface area contributed by atoms with Gasteiger partial charge in [-0.3, -0.25) is 9.59 Å². The van der Waals surface area contributed by atoms with Gasteiger partial charge in [0.2, 0.25) is 5.91 Å². The number of piperidine rings is 1. The molecule has 1 aromatic carbocycles. The number of likely N-dealkylation sites (tertiary alicyclic amines) is 1. The Kier molecular flexibility index (Phi) is 4.66. The highest BCUT2D eigenvalue weighted by Crippen LogP contribution is 2.19. The number of hydrogen-bond donors (Lipinski definition) is 2. The number of hydrogen-bond acceptors (Lipinski definition) is 2. The average Bonchev–Trinajstić information content (AvgIpc) is 2.60. The minimum Gasteiger partial charge on any atom is -0.369 e. The maximum Gasteiger partial charge on any atom is 0.280 e. The summed E-state index contributed by atoms with van der Waals surface area (Å²) in [5.41, 5.74) is 8.01. The summed E-state index contributed by atoms with van der Waals surface area (Å²) in [5, 5.41) is 0. The summed E-state index contributed by atoms with van der Waals surface area (Å²) in [4.78, 5) is 27.4. The Bertz CT molecular complexity index is 594. The first-order chi connectivity index (χ1) is 11.1. The molecule has 0 saturated carbocycles. The molecule has 23 heavy (non-hydrogen) atoms. The highest BCUT2D eigenvalue weighted by molar-refractivity contribution is 5.80. The molecular formula is C18H26N3O2+. The Hall–Kier alpha value is -1.88. The molecule has 124 valence electrons. The first kappa shape index (κ1) is 16.0. The third-order valence-corrected chi connectivity index (χ3v) is 5.46. The molecular weight excluding hydrogens is 290 g/mol. The SMILES string of the molecule is C[C@H](C(=O)N1CCc2ccccc2C1)[NH+]1CCC(C(N)=O)CC1. The van der Waals surface area contributed by atoms with E-state index in [2.05, 4.69) is 18.2 Å². The lowest BCUT2D eigenvalue weighted by atomic mass is 9.95. The molecule has 0 bridgehead atoms. The van der Waals surface area contributed by atoms with Crippen LogP contribution in [0.25, 0.3) is 0 Å². The number of carbonyl (C=O) groups excluding carboxylic acids is 2. The summed E-state index contributed by atoms with van der Waals surface area (Å²) >= 11 is 0. The van der Waals surface area contributed by atoms with Crippen molar-refractivity contribution in [3.05, 3.63) is 35.4 Å². The van der Waals surface area contributed by atoms with Crippen molar-refractivity contribution in [1.29, 1.82) is 0 Å². The molecule has 0 aromatic heterocycles. The van der Waals surface area contributed by atoms with Crippen LogP contribution >= 0.6 is 0 Å². The van der Waals surface area contributed by atoms with Crippen LogP contribution in [0.4, 0.5) is 0 Å². The summed E-state index contributed by atoms with van der Waals surface area (Å²) < 4.78 is 0. The largest absolute Gasteiger partial charge is 0.369 e.